The zero-order valence-electron chi connectivity index (χ0n) is 14.3. The highest BCUT2D eigenvalue weighted by atomic mass is 79.9. The zero-order chi connectivity index (χ0) is 19.4. The molecule has 2 N–H and O–H groups in total. The molecule has 1 aromatic carbocycles. The van der Waals surface area contributed by atoms with Gasteiger partial charge in [0.2, 0.25) is 0 Å². The molecule has 0 unspecified atom stereocenters. The lowest BCUT2D eigenvalue weighted by atomic mass is 10.3. The van der Waals surface area contributed by atoms with Crippen molar-refractivity contribution in [3.63, 3.8) is 0 Å². The summed E-state index contributed by atoms with van der Waals surface area (Å²) in [4.78, 5) is 28.8. The standard InChI is InChI=1S/C18H16BrClN4O3/c1-2-27-16(25)9-14-17(24-10-11(19)6-7-15(24)22-14)23-18(26)21-13-5-3-4-12(20)8-13/h3-8,10H,2,9H2,1H3,(H2,21,23,26). The maximum absolute atomic E-state index is 12.4. The largest absolute Gasteiger partial charge is 0.466 e. The SMILES string of the molecule is CCOC(=O)Cc1nc2ccc(Br)cn2c1NC(=O)Nc1cccc(Cl)c1. The summed E-state index contributed by atoms with van der Waals surface area (Å²) in [5.41, 5.74) is 1.55. The molecule has 0 saturated heterocycles. The molecular weight excluding hydrogens is 436 g/mol. The predicted octanol–water partition coefficient (Wildman–Crippen LogP) is 4.50. The van der Waals surface area contributed by atoms with Gasteiger partial charge in [-0.3, -0.25) is 14.5 Å². The number of fused-ring (bicyclic) bond motifs is 1. The van der Waals surface area contributed by atoms with Crippen molar-refractivity contribution >= 4 is 56.7 Å². The number of amides is 2. The number of benzene rings is 1. The van der Waals surface area contributed by atoms with Gasteiger partial charge in [-0.25, -0.2) is 9.78 Å². The Bertz CT molecular complexity index is 1010. The van der Waals surface area contributed by atoms with E-state index in [2.05, 4.69) is 31.5 Å². The van der Waals surface area contributed by atoms with E-state index in [0.29, 0.717) is 27.9 Å². The van der Waals surface area contributed by atoms with E-state index in [1.165, 1.54) is 0 Å². The van der Waals surface area contributed by atoms with Crippen LogP contribution in [0.2, 0.25) is 5.02 Å². The Balaban J connectivity index is 1.89. The number of halogens is 2. The molecule has 9 heteroatoms. The summed E-state index contributed by atoms with van der Waals surface area (Å²) in [5.74, 6) is -0.0304. The third-order valence-corrected chi connectivity index (χ3v) is 4.29. The Morgan fingerprint density at radius 1 is 1.26 bits per heavy atom. The summed E-state index contributed by atoms with van der Waals surface area (Å²) < 4.78 is 7.48. The average Bonchev–Trinajstić information content (AvgIpc) is 2.92. The molecule has 3 aromatic rings. The average molecular weight is 452 g/mol. The van der Waals surface area contributed by atoms with E-state index in [1.807, 2.05) is 6.07 Å². The van der Waals surface area contributed by atoms with Gasteiger partial charge in [0.25, 0.3) is 0 Å². The molecular formula is C18H16BrClN4O3. The molecule has 7 nitrogen and oxygen atoms in total. The number of imidazole rings is 1. The number of anilines is 2. The number of hydrogen-bond acceptors (Lipinski definition) is 4. The molecule has 2 aromatic heterocycles. The molecule has 0 fully saturated rings. The van der Waals surface area contributed by atoms with Crippen LogP contribution in [0.5, 0.6) is 0 Å². The normalized spacial score (nSPS) is 10.6. The molecule has 27 heavy (non-hydrogen) atoms. The Kier molecular flexibility index (Phi) is 5.98. The van der Waals surface area contributed by atoms with E-state index < -0.39 is 12.0 Å². The van der Waals surface area contributed by atoms with Crippen LogP contribution in [-0.4, -0.2) is 28.0 Å². The number of pyridine rings is 1. The van der Waals surface area contributed by atoms with Gasteiger partial charge >= 0.3 is 12.0 Å². The van der Waals surface area contributed by atoms with Crippen molar-refractivity contribution < 1.29 is 14.3 Å². The van der Waals surface area contributed by atoms with Crippen molar-refractivity contribution in [2.45, 2.75) is 13.3 Å². The second-order valence-electron chi connectivity index (χ2n) is 5.55. The van der Waals surface area contributed by atoms with Crippen molar-refractivity contribution in [3.8, 4) is 0 Å². The van der Waals surface area contributed by atoms with Crippen LogP contribution in [0.15, 0.2) is 47.1 Å². The lowest BCUT2D eigenvalue weighted by Gasteiger charge is -2.10. The fourth-order valence-corrected chi connectivity index (χ4v) is 3.04. The smallest absolute Gasteiger partial charge is 0.324 e. The van der Waals surface area contributed by atoms with Gasteiger partial charge in [-0.2, -0.15) is 0 Å². The van der Waals surface area contributed by atoms with E-state index >= 15 is 0 Å². The molecule has 2 heterocycles. The molecule has 140 valence electrons. The zero-order valence-corrected chi connectivity index (χ0v) is 16.7. The molecule has 0 radical (unpaired) electrons. The maximum Gasteiger partial charge on any atom is 0.324 e. The molecule has 2 amide bonds. The number of nitrogens with zero attached hydrogens (tertiary/aromatic N) is 2. The lowest BCUT2D eigenvalue weighted by molar-refractivity contribution is -0.142. The first-order valence-electron chi connectivity index (χ1n) is 8.12. The first-order valence-corrected chi connectivity index (χ1v) is 9.29. The van der Waals surface area contributed by atoms with Crippen LogP contribution in [0.1, 0.15) is 12.6 Å². The van der Waals surface area contributed by atoms with Gasteiger partial charge in [-0.05, 0) is 53.2 Å². The Hall–Kier alpha value is -2.58. The number of ether oxygens (including phenoxy) is 1. The summed E-state index contributed by atoms with van der Waals surface area (Å²) >= 11 is 9.33. The molecule has 0 aliphatic rings. The van der Waals surface area contributed by atoms with E-state index in [9.17, 15) is 9.59 Å². The monoisotopic (exact) mass is 450 g/mol. The van der Waals surface area contributed by atoms with Crippen molar-refractivity contribution in [2.75, 3.05) is 17.2 Å². The molecule has 0 saturated carbocycles. The van der Waals surface area contributed by atoms with Crippen molar-refractivity contribution in [1.29, 1.82) is 0 Å². The fourth-order valence-electron chi connectivity index (χ4n) is 2.51. The first-order chi connectivity index (χ1) is 13.0. The fraction of sp³-hybridized carbons (Fsp3) is 0.167. The van der Waals surface area contributed by atoms with Crippen molar-refractivity contribution in [1.82, 2.24) is 9.38 Å². The number of urea groups is 1. The number of carbonyl (C=O) groups is 2. The van der Waals surface area contributed by atoms with E-state index in [1.54, 1.807) is 47.9 Å². The Labute approximate surface area is 168 Å². The van der Waals surface area contributed by atoms with Crippen molar-refractivity contribution in [2.24, 2.45) is 0 Å². The Morgan fingerprint density at radius 3 is 2.81 bits per heavy atom. The quantitative estimate of drug-likeness (QED) is 0.559. The summed E-state index contributed by atoms with van der Waals surface area (Å²) in [6.45, 7) is 2.01. The summed E-state index contributed by atoms with van der Waals surface area (Å²) in [6, 6.07) is 9.91. The molecule has 0 atom stereocenters. The number of hydrogen-bond donors (Lipinski definition) is 2. The van der Waals surface area contributed by atoms with E-state index in [4.69, 9.17) is 16.3 Å². The highest BCUT2D eigenvalue weighted by molar-refractivity contribution is 9.10. The molecule has 0 aliphatic carbocycles. The van der Waals surface area contributed by atoms with Gasteiger partial charge in [0.15, 0.2) is 0 Å². The van der Waals surface area contributed by atoms with Crippen LogP contribution in [0.4, 0.5) is 16.3 Å². The number of carbonyl (C=O) groups excluding carboxylic acids is 2. The number of nitrogens with one attached hydrogen (secondary N) is 2. The van der Waals surface area contributed by atoms with Gasteiger partial charge in [-0.15, -0.1) is 0 Å². The minimum Gasteiger partial charge on any atom is -0.466 e. The summed E-state index contributed by atoms with van der Waals surface area (Å²) in [7, 11) is 0. The highest BCUT2D eigenvalue weighted by Crippen LogP contribution is 2.23. The van der Waals surface area contributed by atoms with Gasteiger partial charge in [0.1, 0.15) is 11.5 Å². The number of rotatable bonds is 5. The van der Waals surface area contributed by atoms with Crippen LogP contribution in [-0.2, 0) is 16.0 Å². The molecule has 0 spiro atoms. The van der Waals surface area contributed by atoms with Crippen LogP contribution in [0.25, 0.3) is 5.65 Å². The topological polar surface area (TPSA) is 84.7 Å². The summed E-state index contributed by atoms with van der Waals surface area (Å²) in [6.07, 6.45) is 1.70. The second-order valence-corrected chi connectivity index (χ2v) is 6.91. The van der Waals surface area contributed by atoms with E-state index in [-0.39, 0.29) is 13.0 Å². The molecule has 0 aliphatic heterocycles. The molecule has 0 bridgehead atoms. The molecule has 3 rings (SSSR count). The first kappa shape index (κ1) is 19.2. The minimum absolute atomic E-state index is 0.0556. The van der Waals surface area contributed by atoms with Gasteiger partial charge in [-0.1, -0.05) is 17.7 Å². The van der Waals surface area contributed by atoms with Crippen LogP contribution >= 0.6 is 27.5 Å². The number of aromatic nitrogens is 2. The van der Waals surface area contributed by atoms with Gasteiger partial charge < -0.3 is 10.1 Å². The van der Waals surface area contributed by atoms with E-state index in [0.717, 1.165) is 4.47 Å². The minimum atomic E-state index is -0.482. The van der Waals surface area contributed by atoms with Gasteiger partial charge in [0, 0.05) is 21.4 Å². The van der Waals surface area contributed by atoms with Crippen LogP contribution < -0.4 is 10.6 Å². The van der Waals surface area contributed by atoms with Crippen molar-refractivity contribution in [3.05, 3.63) is 57.8 Å². The summed E-state index contributed by atoms with van der Waals surface area (Å²) in [5, 5.41) is 5.97. The third-order valence-electron chi connectivity index (χ3n) is 3.59. The lowest BCUT2D eigenvalue weighted by Crippen LogP contribution is -2.21. The highest BCUT2D eigenvalue weighted by Gasteiger charge is 2.18. The van der Waals surface area contributed by atoms with Crippen LogP contribution in [0, 0.1) is 0 Å². The number of esters is 1. The predicted molar refractivity (Wildman–Crippen MR) is 107 cm³/mol. The second kappa shape index (κ2) is 8.41. The van der Waals surface area contributed by atoms with Gasteiger partial charge in [0.05, 0.1) is 18.7 Å². The maximum atomic E-state index is 12.4. The third kappa shape index (κ3) is 4.78. The van der Waals surface area contributed by atoms with Crippen LogP contribution in [0.3, 0.4) is 0 Å². The Morgan fingerprint density at radius 2 is 2.07 bits per heavy atom.